The molecule has 0 atom stereocenters. The SMILES string of the molecule is COC(=O)c1ccc2nc(-c3cc[nH]c3)c(N(C)C(C)C)cc2c1. The number of esters is 1. The largest absolute Gasteiger partial charge is 0.465 e. The third-order valence-electron chi connectivity index (χ3n) is 4.24. The molecule has 0 aliphatic heterocycles. The van der Waals surface area contributed by atoms with Gasteiger partial charge < -0.3 is 14.6 Å². The predicted molar refractivity (Wildman–Crippen MR) is 96.4 cm³/mol. The number of hydrogen-bond acceptors (Lipinski definition) is 4. The smallest absolute Gasteiger partial charge is 0.337 e. The number of H-pyrrole nitrogens is 1. The summed E-state index contributed by atoms with van der Waals surface area (Å²) in [4.78, 5) is 21.9. The first kappa shape index (κ1) is 16.1. The van der Waals surface area contributed by atoms with E-state index >= 15 is 0 Å². The van der Waals surface area contributed by atoms with Crippen molar-refractivity contribution in [1.82, 2.24) is 9.97 Å². The number of aromatic amines is 1. The van der Waals surface area contributed by atoms with Gasteiger partial charge in [0.15, 0.2) is 0 Å². The molecule has 0 bridgehead atoms. The zero-order valence-electron chi connectivity index (χ0n) is 14.3. The molecule has 2 heterocycles. The summed E-state index contributed by atoms with van der Waals surface area (Å²) in [7, 11) is 3.44. The molecule has 0 spiro atoms. The van der Waals surface area contributed by atoms with Crippen molar-refractivity contribution >= 4 is 22.6 Å². The highest BCUT2D eigenvalue weighted by molar-refractivity contribution is 5.96. The molecule has 2 aromatic heterocycles. The van der Waals surface area contributed by atoms with E-state index in [9.17, 15) is 4.79 Å². The summed E-state index contributed by atoms with van der Waals surface area (Å²) in [6, 6.07) is 9.84. The van der Waals surface area contributed by atoms with Gasteiger partial charge in [-0.2, -0.15) is 0 Å². The molecule has 0 saturated heterocycles. The monoisotopic (exact) mass is 323 g/mol. The lowest BCUT2D eigenvalue weighted by Gasteiger charge is -2.26. The van der Waals surface area contributed by atoms with E-state index in [0.717, 1.165) is 27.8 Å². The Kier molecular flexibility index (Phi) is 4.25. The second-order valence-electron chi connectivity index (χ2n) is 6.06. The molecule has 124 valence electrons. The first-order valence-electron chi connectivity index (χ1n) is 7.90. The lowest BCUT2D eigenvalue weighted by Crippen LogP contribution is -2.26. The average molecular weight is 323 g/mol. The fraction of sp³-hybridized carbons (Fsp3) is 0.263. The van der Waals surface area contributed by atoms with Gasteiger partial charge in [-0.3, -0.25) is 0 Å². The van der Waals surface area contributed by atoms with Crippen molar-refractivity contribution in [3.8, 4) is 11.3 Å². The van der Waals surface area contributed by atoms with Crippen LogP contribution in [0.3, 0.4) is 0 Å². The summed E-state index contributed by atoms with van der Waals surface area (Å²) in [6.07, 6.45) is 3.83. The Morgan fingerprint density at radius 2 is 2.04 bits per heavy atom. The second kappa shape index (κ2) is 6.35. The minimum atomic E-state index is -0.342. The van der Waals surface area contributed by atoms with Crippen LogP contribution in [0.25, 0.3) is 22.2 Å². The highest BCUT2D eigenvalue weighted by Gasteiger charge is 2.16. The highest BCUT2D eigenvalue weighted by Crippen LogP contribution is 2.33. The molecule has 3 rings (SSSR count). The van der Waals surface area contributed by atoms with Crippen molar-refractivity contribution in [1.29, 1.82) is 0 Å². The Labute approximate surface area is 141 Å². The molecule has 24 heavy (non-hydrogen) atoms. The number of ether oxygens (including phenoxy) is 1. The zero-order chi connectivity index (χ0) is 17.3. The van der Waals surface area contributed by atoms with Gasteiger partial charge in [-0.05, 0) is 44.2 Å². The molecule has 5 nitrogen and oxygen atoms in total. The summed E-state index contributed by atoms with van der Waals surface area (Å²) in [5.74, 6) is -0.342. The zero-order valence-corrected chi connectivity index (χ0v) is 14.3. The Hall–Kier alpha value is -2.82. The molecular formula is C19H21N3O2. The van der Waals surface area contributed by atoms with Crippen LogP contribution in [0.4, 0.5) is 5.69 Å². The van der Waals surface area contributed by atoms with Crippen LogP contribution in [0.1, 0.15) is 24.2 Å². The number of carbonyl (C=O) groups is 1. The Bertz CT molecular complexity index is 870. The van der Waals surface area contributed by atoms with Gasteiger partial charge in [-0.25, -0.2) is 9.78 Å². The standard InChI is InChI=1S/C19H21N3O2/c1-12(2)22(3)17-10-15-9-13(19(23)24-4)5-6-16(15)21-18(17)14-7-8-20-11-14/h5-12,20H,1-4H3. The van der Waals surface area contributed by atoms with Crippen molar-refractivity contribution < 1.29 is 9.53 Å². The van der Waals surface area contributed by atoms with Gasteiger partial charge in [0.05, 0.1) is 29.6 Å². The molecule has 0 fully saturated rings. The number of fused-ring (bicyclic) bond motifs is 1. The maximum atomic E-state index is 11.8. The van der Waals surface area contributed by atoms with Crippen molar-refractivity contribution in [3.63, 3.8) is 0 Å². The van der Waals surface area contributed by atoms with Gasteiger partial charge in [0.1, 0.15) is 0 Å². The molecule has 1 N–H and O–H groups in total. The molecule has 0 saturated carbocycles. The normalized spacial score (nSPS) is 11.0. The van der Waals surface area contributed by atoms with Crippen LogP contribution >= 0.6 is 0 Å². The van der Waals surface area contributed by atoms with E-state index in [4.69, 9.17) is 9.72 Å². The van der Waals surface area contributed by atoms with Crippen LogP contribution < -0.4 is 4.90 Å². The Balaban J connectivity index is 2.22. The van der Waals surface area contributed by atoms with E-state index in [-0.39, 0.29) is 5.97 Å². The van der Waals surface area contributed by atoms with Crippen molar-refractivity contribution in [2.75, 3.05) is 19.1 Å². The molecule has 0 unspecified atom stereocenters. The molecule has 0 amide bonds. The van der Waals surface area contributed by atoms with Crippen molar-refractivity contribution in [2.45, 2.75) is 19.9 Å². The molecule has 0 aliphatic rings. The summed E-state index contributed by atoms with van der Waals surface area (Å²) in [5, 5.41) is 0.916. The van der Waals surface area contributed by atoms with E-state index in [1.54, 1.807) is 6.07 Å². The van der Waals surface area contributed by atoms with E-state index in [2.05, 4.69) is 29.8 Å². The Morgan fingerprint density at radius 1 is 1.25 bits per heavy atom. The highest BCUT2D eigenvalue weighted by atomic mass is 16.5. The maximum Gasteiger partial charge on any atom is 0.337 e. The van der Waals surface area contributed by atoms with Gasteiger partial charge in [-0.15, -0.1) is 0 Å². The van der Waals surface area contributed by atoms with Gasteiger partial charge >= 0.3 is 5.97 Å². The van der Waals surface area contributed by atoms with Gasteiger partial charge in [0.2, 0.25) is 0 Å². The van der Waals surface area contributed by atoms with Gasteiger partial charge in [-0.1, -0.05) is 0 Å². The van der Waals surface area contributed by atoms with Crippen molar-refractivity contribution in [3.05, 3.63) is 48.3 Å². The number of pyridine rings is 1. The van der Waals surface area contributed by atoms with Gasteiger partial charge in [0, 0.05) is 36.4 Å². The van der Waals surface area contributed by atoms with E-state index in [1.807, 2.05) is 37.6 Å². The lowest BCUT2D eigenvalue weighted by atomic mass is 10.1. The molecule has 1 aromatic carbocycles. The molecule has 5 heteroatoms. The third kappa shape index (κ3) is 2.85. The number of aromatic nitrogens is 2. The fourth-order valence-electron chi connectivity index (χ4n) is 2.64. The van der Waals surface area contributed by atoms with Crippen LogP contribution in [-0.2, 0) is 4.74 Å². The van der Waals surface area contributed by atoms with Gasteiger partial charge in [0.25, 0.3) is 0 Å². The number of methoxy groups -OCH3 is 1. The number of benzene rings is 1. The molecular weight excluding hydrogens is 302 g/mol. The van der Waals surface area contributed by atoms with E-state index in [0.29, 0.717) is 11.6 Å². The number of carbonyl (C=O) groups excluding carboxylic acids is 1. The summed E-state index contributed by atoms with van der Waals surface area (Å²) in [5.41, 5.74) is 4.36. The molecule has 0 aliphatic carbocycles. The minimum absolute atomic E-state index is 0.325. The van der Waals surface area contributed by atoms with E-state index in [1.165, 1.54) is 7.11 Å². The maximum absolute atomic E-state index is 11.8. The fourth-order valence-corrected chi connectivity index (χ4v) is 2.64. The third-order valence-corrected chi connectivity index (χ3v) is 4.24. The Morgan fingerprint density at radius 3 is 2.67 bits per heavy atom. The predicted octanol–water partition coefficient (Wildman–Crippen LogP) is 3.86. The van der Waals surface area contributed by atoms with Crippen LogP contribution in [0, 0.1) is 0 Å². The number of anilines is 1. The lowest BCUT2D eigenvalue weighted by molar-refractivity contribution is 0.0601. The second-order valence-corrected chi connectivity index (χ2v) is 6.06. The number of hydrogen-bond donors (Lipinski definition) is 1. The van der Waals surface area contributed by atoms with Crippen LogP contribution in [0.15, 0.2) is 42.7 Å². The molecule has 0 radical (unpaired) electrons. The number of nitrogens with zero attached hydrogens (tertiary/aromatic N) is 2. The number of rotatable bonds is 4. The van der Waals surface area contributed by atoms with Crippen LogP contribution in [-0.4, -0.2) is 36.1 Å². The van der Waals surface area contributed by atoms with Crippen molar-refractivity contribution in [2.24, 2.45) is 0 Å². The average Bonchev–Trinajstić information content (AvgIpc) is 3.13. The van der Waals surface area contributed by atoms with E-state index < -0.39 is 0 Å². The first-order chi connectivity index (χ1) is 11.5. The number of nitrogens with one attached hydrogen (secondary N) is 1. The first-order valence-corrected chi connectivity index (χ1v) is 7.90. The minimum Gasteiger partial charge on any atom is -0.465 e. The summed E-state index contributed by atoms with van der Waals surface area (Å²) < 4.78 is 4.81. The molecule has 3 aromatic rings. The summed E-state index contributed by atoms with van der Waals surface area (Å²) >= 11 is 0. The van der Waals surface area contributed by atoms with Crippen LogP contribution in [0.2, 0.25) is 0 Å². The topological polar surface area (TPSA) is 58.2 Å². The van der Waals surface area contributed by atoms with Crippen LogP contribution in [0.5, 0.6) is 0 Å². The summed E-state index contributed by atoms with van der Waals surface area (Å²) in [6.45, 7) is 4.27. The quantitative estimate of drug-likeness (QED) is 0.741.